The van der Waals surface area contributed by atoms with E-state index in [0.29, 0.717) is 25.2 Å². The molecule has 0 aliphatic carbocycles. The highest BCUT2D eigenvalue weighted by molar-refractivity contribution is 5.95. The second-order valence-electron chi connectivity index (χ2n) is 7.21. The molecule has 1 aliphatic heterocycles. The quantitative estimate of drug-likeness (QED) is 0.452. The van der Waals surface area contributed by atoms with E-state index in [4.69, 9.17) is 4.74 Å². The molecule has 0 unspecified atom stereocenters. The van der Waals surface area contributed by atoms with Gasteiger partial charge in [-0.3, -0.25) is 9.59 Å². The molecular weight excluding hydrogens is 302 g/mol. The van der Waals surface area contributed by atoms with Gasteiger partial charge in [-0.05, 0) is 26.7 Å². The van der Waals surface area contributed by atoms with Gasteiger partial charge < -0.3 is 10.1 Å². The Labute approximate surface area is 145 Å². The van der Waals surface area contributed by atoms with Crippen LogP contribution in [0.5, 0.6) is 0 Å². The van der Waals surface area contributed by atoms with Gasteiger partial charge in [-0.2, -0.15) is 0 Å². The maximum atomic E-state index is 12.1. The van der Waals surface area contributed by atoms with Gasteiger partial charge in [0.05, 0.1) is 13.1 Å². The number of hydrogen-bond acceptors (Lipinski definition) is 3. The molecule has 0 saturated carbocycles. The molecule has 2 rings (SSSR count). The van der Waals surface area contributed by atoms with Gasteiger partial charge in [0.15, 0.2) is 5.78 Å². The van der Waals surface area contributed by atoms with Crippen LogP contribution in [0.15, 0.2) is 30.3 Å². The highest BCUT2D eigenvalue weighted by atomic mass is 16.6. The zero-order chi connectivity index (χ0) is 17.4. The summed E-state index contributed by atoms with van der Waals surface area (Å²) in [7, 11) is 0. The number of nitrogens with two attached hydrogens (primary N) is 1. The standard InChI is InChI=1S/C20H29NO3/c1-20(2,17-12-14-21-15-13-17)24-19(23)11-7-6-10-18(22)16-8-4-3-5-9-16/h3-5,8-9,17,21H,6-7,10-15H2,1-2H3/p+1. The minimum atomic E-state index is -0.384. The summed E-state index contributed by atoms with van der Waals surface area (Å²) in [4.78, 5) is 24.1. The number of hydrogen-bond donors (Lipinski definition) is 1. The second-order valence-corrected chi connectivity index (χ2v) is 7.21. The summed E-state index contributed by atoms with van der Waals surface area (Å²) in [6.45, 7) is 6.29. The Morgan fingerprint density at radius 1 is 1.08 bits per heavy atom. The van der Waals surface area contributed by atoms with Crippen molar-refractivity contribution < 1.29 is 19.6 Å². The van der Waals surface area contributed by atoms with Gasteiger partial charge in [-0.25, -0.2) is 0 Å². The number of ether oxygens (including phenoxy) is 1. The fraction of sp³-hybridized carbons (Fsp3) is 0.600. The van der Waals surface area contributed by atoms with Crippen LogP contribution >= 0.6 is 0 Å². The van der Waals surface area contributed by atoms with Crippen LogP contribution in [0.25, 0.3) is 0 Å². The second kappa shape index (κ2) is 8.97. The minimum absolute atomic E-state index is 0.137. The molecule has 0 radical (unpaired) electrons. The van der Waals surface area contributed by atoms with Crippen LogP contribution in [0.4, 0.5) is 0 Å². The maximum absolute atomic E-state index is 12.1. The smallest absolute Gasteiger partial charge is 0.306 e. The van der Waals surface area contributed by atoms with Crippen LogP contribution in [-0.2, 0) is 9.53 Å². The van der Waals surface area contributed by atoms with Crippen LogP contribution in [-0.4, -0.2) is 30.4 Å². The van der Waals surface area contributed by atoms with Crippen molar-refractivity contribution in [3.63, 3.8) is 0 Å². The monoisotopic (exact) mass is 332 g/mol. The Kier molecular flexibility index (Phi) is 6.98. The highest BCUT2D eigenvalue weighted by Gasteiger charge is 2.35. The van der Waals surface area contributed by atoms with Crippen molar-refractivity contribution in [1.82, 2.24) is 0 Å². The molecule has 1 aromatic rings. The molecule has 1 aromatic carbocycles. The third-order valence-corrected chi connectivity index (χ3v) is 4.93. The van der Waals surface area contributed by atoms with Gasteiger partial charge in [0.1, 0.15) is 5.60 Å². The first kappa shape index (κ1) is 18.7. The van der Waals surface area contributed by atoms with Crippen molar-refractivity contribution in [3.05, 3.63) is 35.9 Å². The molecule has 0 bridgehead atoms. The minimum Gasteiger partial charge on any atom is -0.459 e. The van der Waals surface area contributed by atoms with E-state index in [0.717, 1.165) is 37.9 Å². The highest BCUT2D eigenvalue weighted by Crippen LogP contribution is 2.28. The topological polar surface area (TPSA) is 60.0 Å². The van der Waals surface area contributed by atoms with Crippen LogP contribution in [0.2, 0.25) is 0 Å². The zero-order valence-corrected chi connectivity index (χ0v) is 14.9. The zero-order valence-electron chi connectivity index (χ0n) is 14.9. The number of benzene rings is 1. The maximum Gasteiger partial charge on any atom is 0.306 e. The van der Waals surface area contributed by atoms with Crippen molar-refractivity contribution >= 4 is 11.8 Å². The van der Waals surface area contributed by atoms with Gasteiger partial charge in [0.25, 0.3) is 0 Å². The average molecular weight is 332 g/mol. The fourth-order valence-corrected chi connectivity index (χ4v) is 3.37. The van der Waals surface area contributed by atoms with Gasteiger partial charge in [0.2, 0.25) is 0 Å². The lowest BCUT2D eigenvalue weighted by molar-refractivity contribution is -0.665. The molecule has 0 aromatic heterocycles. The molecule has 1 saturated heterocycles. The molecule has 1 aliphatic rings. The Balaban J connectivity index is 1.66. The van der Waals surface area contributed by atoms with E-state index in [1.165, 1.54) is 0 Å². The van der Waals surface area contributed by atoms with Crippen molar-refractivity contribution in [3.8, 4) is 0 Å². The summed E-state index contributed by atoms with van der Waals surface area (Å²) < 4.78 is 5.73. The number of esters is 1. The van der Waals surface area contributed by atoms with Crippen LogP contribution < -0.4 is 5.32 Å². The van der Waals surface area contributed by atoms with Gasteiger partial charge in [0, 0.05) is 37.2 Å². The number of carbonyl (C=O) groups is 2. The van der Waals surface area contributed by atoms with Gasteiger partial charge in [-0.15, -0.1) is 0 Å². The summed E-state index contributed by atoms with van der Waals surface area (Å²) in [5.41, 5.74) is 0.362. The van der Waals surface area contributed by atoms with E-state index in [2.05, 4.69) is 5.32 Å². The molecule has 0 amide bonds. The molecule has 132 valence electrons. The number of Topliss-reactive ketones (excluding diaryl/α,β-unsaturated/α-hetero) is 1. The molecule has 0 spiro atoms. The molecular formula is C20H30NO3+. The first-order chi connectivity index (χ1) is 11.5. The molecule has 24 heavy (non-hydrogen) atoms. The van der Waals surface area contributed by atoms with Crippen molar-refractivity contribution in [2.45, 2.75) is 58.0 Å². The normalized spacial score (nSPS) is 15.9. The molecule has 4 nitrogen and oxygen atoms in total. The first-order valence-electron chi connectivity index (χ1n) is 9.11. The summed E-state index contributed by atoms with van der Waals surface area (Å²) in [5.74, 6) is 0.454. The lowest BCUT2D eigenvalue weighted by atomic mass is 9.83. The number of piperidine rings is 1. The van der Waals surface area contributed by atoms with E-state index < -0.39 is 0 Å². The number of quaternary nitrogens is 1. The predicted molar refractivity (Wildman–Crippen MR) is 93.8 cm³/mol. The lowest BCUT2D eigenvalue weighted by Gasteiger charge is -2.35. The third-order valence-electron chi connectivity index (χ3n) is 4.93. The summed E-state index contributed by atoms with van der Waals surface area (Å²) >= 11 is 0. The number of carbonyl (C=O) groups excluding carboxylic acids is 2. The van der Waals surface area contributed by atoms with E-state index >= 15 is 0 Å². The molecule has 2 N–H and O–H groups in total. The van der Waals surface area contributed by atoms with E-state index in [-0.39, 0.29) is 17.4 Å². The fourth-order valence-electron chi connectivity index (χ4n) is 3.37. The summed E-state index contributed by atoms with van der Waals surface area (Å²) in [5, 5.41) is 2.32. The molecule has 4 heteroatoms. The average Bonchev–Trinajstić information content (AvgIpc) is 2.59. The summed E-state index contributed by atoms with van der Waals surface area (Å²) in [6.07, 6.45) is 4.51. The number of rotatable bonds is 8. The number of unbranched alkanes of at least 4 members (excludes halogenated alkanes) is 1. The van der Waals surface area contributed by atoms with Crippen LogP contribution in [0, 0.1) is 5.92 Å². The van der Waals surface area contributed by atoms with Crippen LogP contribution in [0.3, 0.4) is 0 Å². The third kappa shape index (κ3) is 5.75. The molecule has 1 fully saturated rings. The van der Waals surface area contributed by atoms with E-state index in [1.807, 2.05) is 44.2 Å². The van der Waals surface area contributed by atoms with Crippen molar-refractivity contribution in [2.24, 2.45) is 5.92 Å². The SMILES string of the molecule is CC(C)(OC(=O)CCCCC(=O)c1ccccc1)C1CC[NH2+]CC1. The summed E-state index contributed by atoms with van der Waals surface area (Å²) in [6, 6.07) is 9.31. The Morgan fingerprint density at radius 3 is 2.38 bits per heavy atom. The van der Waals surface area contributed by atoms with Gasteiger partial charge >= 0.3 is 5.97 Å². The van der Waals surface area contributed by atoms with E-state index in [1.54, 1.807) is 0 Å². The molecule has 0 atom stereocenters. The van der Waals surface area contributed by atoms with Gasteiger partial charge in [-0.1, -0.05) is 30.3 Å². The first-order valence-corrected chi connectivity index (χ1v) is 9.11. The largest absolute Gasteiger partial charge is 0.459 e. The molecule has 1 heterocycles. The lowest BCUT2D eigenvalue weighted by Crippen LogP contribution is -2.86. The Hall–Kier alpha value is -1.68. The predicted octanol–water partition coefficient (Wildman–Crippen LogP) is 2.72. The van der Waals surface area contributed by atoms with E-state index in [9.17, 15) is 9.59 Å². The Morgan fingerprint density at radius 2 is 1.71 bits per heavy atom. The van der Waals surface area contributed by atoms with Crippen LogP contribution in [0.1, 0.15) is 62.7 Å². The number of ketones is 1. The van der Waals surface area contributed by atoms with Crippen molar-refractivity contribution in [1.29, 1.82) is 0 Å². The Bertz CT molecular complexity index is 533. The van der Waals surface area contributed by atoms with Crippen molar-refractivity contribution in [2.75, 3.05) is 13.1 Å².